The summed E-state index contributed by atoms with van der Waals surface area (Å²) in [6.45, 7) is 9.68. The molecule has 0 heterocycles. The van der Waals surface area contributed by atoms with Crippen molar-refractivity contribution in [1.29, 1.82) is 0 Å². The molecule has 1 N–H and O–H groups in total. The quantitative estimate of drug-likeness (QED) is 0.594. The monoisotopic (exact) mass is 242 g/mol. The summed E-state index contributed by atoms with van der Waals surface area (Å²) in [6.07, 6.45) is 5.83. The molecule has 17 heavy (non-hydrogen) atoms. The molecule has 0 bridgehead atoms. The van der Waals surface area contributed by atoms with Crippen molar-refractivity contribution in [3.05, 3.63) is 0 Å². The maximum atomic E-state index is 5.49. The molecule has 3 heteroatoms. The van der Waals surface area contributed by atoms with Gasteiger partial charge in [-0.1, -0.05) is 6.42 Å². The molecule has 1 rings (SSSR count). The number of hydrogen-bond donors (Lipinski definition) is 1. The molecule has 1 saturated carbocycles. The van der Waals surface area contributed by atoms with E-state index < -0.39 is 0 Å². The molecule has 0 aromatic heterocycles. The average molecular weight is 242 g/mol. The summed E-state index contributed by atoms with van der Waals surface area (Å²) in [5, 5.41) is 3.48. The third-order valence-corrected chi connectivity index (χ3v) is 3.41. The number of likely N-dealkylation sites (N-methyl/N-ethyl adjacent to an activating group) is 1. The van der Waals surface area contributed by atoms with Crippen LogP contribution >= 0.6 is 0 Å². The van der Waals surface area contributed by atoms with E-state index in [1.54, 1.807) is 0 Å². The standard InChI is InChI=1S/C14H30N2O/c1-13(2)17-11-5-8-15-9-10-16(3)12-14-6-4-7-14/h13-15H,4-12H2,1-3H3. The Bertz CT molecular complexity index is 181. The van der Waals surface area contributed by atoms with Gasteiger partial charge in [0.05, 0.1) is 6.10 Å². The van der Waals surface area contributed by atoms with Crippen LogP contribution in [0.5, 0.6) is 0 Å². The maximum absolute atomic E-state index is 5.49. The molecule has 1 aliphatic rings. The summed E-state index contributed by atoms with van der Waals surface area (Å²) in [4.78, 5) is 2.46. The van der Waals surface area contributed by atoms with Gasteiger partial charge in [0, 0.05) is 26.2 Å². The van der Waals surface area contributed by atoms with E-state index in [0.29, 0.717) is 6.10 Å². The molecule has 0 amide bonds. The fourth-order valence-electron chi connectivity index (χ4n) is 2.12. The second-order valence-electron chi connectivity index (χ2n) is 5.58. The summed E-state index contributed by atoms with van der Waals surface area (Å²) in [5.74, 6) is 0.986. The summed E-state index contributed by atoms with van der Waals surface area (Å²) in [6, 6.07) is 0. The molecule has 3 nitrogen and oxygen atoms in total. The molecular formula is C14H30N2O. The molecule has 1 fully saturated rings. The highest BCUT2D eigenvalue weighted by Crippen LogP contribution is 2.26. The van der Waals surface area contributed by atoms with Crippen molar-refractivity contribution in [3.8, 4) is 0 Å². The van der Waals surface area contributed by atoms with Gasteiger partial charge in [0.1, 0.15) is 0 Å². The smallest absolute Gasteiger partial charge is 0.0518 e. The molecule has 0 spiro atoms. The van der Waals surface area contributed by atoms with Crippen LogP contribution < -0.4 is 5.32 Å². The Morgan fingerprint density at radius 2 is 2.06 bits per heavy atom. The number of ether oxygens (including phenoxy) is 1. The molecular weight excluding hydrogens is 212 g/mol. The van der Waals surface area contributed by atoms with E-state index in [1.165, 1.54) is 32.4 Å². The summed E-state index contributed by atoms with van der Waals surface area (Å²) in [7, 11) is 2.24. The van der Waals surface area contributed by atoms with E-state index in [1.807, 2.05) is 0 Å². The molecule has 0 aliphatic heterocycles. The van der Waals surface area contributed by atoms with Crippen LogP contribution in [0.4, 0.5) is 0 Å². The minimum absolute atomic E-state index is 0.364. The first-order valence-corrected chi connectivity index (χ1v) is 7.19. The molecule has 0 radical (unpaired) electrons. The lowest BCUT2D eigenvalue weighted by atomic mass is 9.85. The van der Waals surface area contributed by atoms with Gasteiger partial charge in [0.15, 0.2) is 0 Å². The van der Waals surface area contributed by atoms with E-state index in [2.05, 4.69) is 31.1 Å². The largest absolute Gasteiger partial charge is 0.379 e. The molecule has 0 unspecified atom stereocenters. The highest BCUT2D eigenvalue weighted by atomic mass is 16.5. The van der Waals surface area contributed by atoms with Gasteiger partial charge < -0.3 is 15.0 Å². The first-order chi connectivity index (χ1) is 8.18. The number of nitrogens with zero attached hydrogens (tertiary/aromatic N) is 1. The second-order valence-corrected chi connectivity index (χ2v) is 5.58. The summed E-state index contributed by atoms with van der Waals surface area (Å²) in [5.41, 5.74) is 0. The van der Waals surface area contributed by atoms with Gasteiger partial charge in [-0.2, -0.15) is 0 Å². The van der Waals surface area contributed by atoms with Gasteiger partial charge in [-0.05, 0) is 52.6 Å². The average Bonchev–Trinajstić information content (AvgIpc) is 2.22. The predicted molar refractivity (Wildman–Crippen MR) is 73.4 cm³/mol. The molecule has 1 aliphatic carbocycles. The van der Waals surface area contributed by atoms with Gasteiger partial charge >= 0.3 is 0 Å². The Balaban J connectivity index is 1.79. The van der Waals surface area contributed by atoms with Crippen molar-refractivity contribution in [3.63, 3.8) is 0 Å². The summed E-state index contributed by atoms with van der Waals surface area (Å²) >= 11 is 0. The van der Waals surface area contributed by atoms with Crippen LogP contribution in [0, 0.1) is 5.92 Å². The fourth-order valence-corrected chi connectivity index (χ4v) is 2.12. The third kappa shape index (κ3) is 7.74. The highest BCUT2D eigenvalue weighted by molar-refractivity contribution is 4.72. The molecule has 0 aromatic rings. The molecule has 102 valence electrons. The molecule has 0 saturated heterocycles. The summed E-state index contributed by atoms with van der Waals surface area (Å²) < 4.78 is 5.49. The van der Waals surface area contributed by atoms with E-state index in [9.17, 15) is 0 Å². The van der Waals surface area contributed by atoms with E-state index in [4.69, 9.17) is 4.74 Å². The zero-order valence-electron chi connectivity index (χ0n) is 11.9. The van der Waals surface area contributed by atoms with E-state index in [-0.39, 0.29) is 0 Å². The predicted octanol–water partition coefficient (Wildman–Crippen LogP) is 2.12. The van der Waals surface area contributed by atoms with Crippen molar-refractivity contribution in [2.75, 3.05) is 39.8 Å². The Morgan fingerprint density at radius 1 is 1.29 bits per heavy atom. The maximum Gasteiger partial charge on any atom is 0.0518 e. The zero-order valence-corrected chi connectivity index (χ0v) is 11.9. The van der Waals surface area contributed by atoms with Gasteiger partial charge in [-0.3, -0.25) is 0 Å². The van der Waals surface area contributed by atoms with Crippen LogP contribution in [0.1, 0.15) is 39.5 Å². The fraction of sp³-hybridized carbons (Fsp3) is 1.00. The van der Waals surface area contributed by atoms with Gasteiger partial charge in [0.25, 0.3) is 0 Å². The Kier molecular flexibility index (Phi) is 7.82. The van der Waals surface area contributed by atoms with E-state index >= 15 is 0 Å². The van der Waals surface area contributed by atoms with Crippen LogP contribution in [0.15, 0.2) is 0 Å². The highest BCUT2D eigenvalue weighted by Gasteiger charge is 2.18. The van der Waals surface area contributed by atoms with Crippen molar-refractivity contribution < 1.29 is 4.74 Å². The first kappa shape index (κ1) is 14.9. The molecule has 0 aromatic carbocycles. The normalized spacial score (nSPS) is 16.8. The third-order valence-electron chi connectivity index (χ3n) is 3.41. The number of hydrogen-bond acceptors (Lipinski definition) is 3. The lowest BCUT2D eigenvalue weighted by Crippen LogP contribution is -2.35. The first-order valence-electron chi connectivity index (χ1n) is 7.19. The SMILES string of the molecule is CC(C)OCCCNCCN(C)CC1CCC1. The van der Waals surface area contributed by atoms with Crippen LogP contribution in [0.25, 0.3) is 0 Å². The van der Waals surface area contributed by atoms with Gasteiger partial charge in [0.2, 0.25) is 0 Å². The Labute approximate surface area is 107 Å². The van der Waals surface area contributed by atoms with Crippen LogP contribution in [-0.2, 0) is 4.74 Å². The van der Waals surface area contributed by atoms with Gasteiger partial charge in [-0.25, -0.2) is 0 Å². The number of nitrogens with one attached hydrogen (secondary N) is 1. The Hall–Kier alpha value is -0.120. The van der Waals surface area contributed by atoms with Crippen molar-refractivity contribution in [2.24, 2.45) is 5.92 Å². The van der Waals surface area contributed by atoms with Crippen molar-refractivity contribution >= 4 is 0 Å². The second kappa shape index (κ2) is 8.90. The van der Waals surface area contributed by atoms with E-state index in [0.717, 1.165) is 32.0 Å². The van der Waals surface area contributed by atoms with Crippen LogP contribution in [0.2, 0.25) is 0 Å². The minimum Gasteiger partial charge on any atom is -0.379 e. The van der Waals surface area contributed by atoms with Crippen molar-refractivity contribution in [2.45, 2.75) is 45.6 Å². The lowest BCUT2D eigenvalue weighted by molar-refractivity contribution is 0.0770. The van der Waals surface area contributed by atoms with Crippen LogP contribution in [0.3, 0.4) is 0 Å². The lowest BCUT2D eigenvalue weighted by Gasteiger charge is -2.30. The number of rotatable bonds is 10. The van der Waals surface area contributed by atoms with Gasteiger partial charge in [-0.15, -0.1) is 0 Å². The topological polar surface area (TPSA) is 24.5 Å². The van der Waals surface area contributed by atoms with Crippen LogP contribution in [-0.4, -0.2) is 50.8 Å². The van der Waals surface area contributed by atoms with Crippen molar-refractivity contribution in [1.82, 2.24) is 10.2 Å². The minimum atomic E-state index is 0.364. The molecule has 0 atom stereocenters. The zero-order chi connectivity index (χ0) is 12.5. The Morgan fingerprint density at radius 3 is 2.65 bits per heavy atom.